The number of ether oxygens (including phenoxy) is 1. The van der Waals surface area contributed by atoms with E-state index in [1.54, 1.807) is 23.5 Å². The number of fused-ring (bicyclic) bond motifs is 1. The Morgan fingerprint density at radius 3 is 3.03 bits per heavy atom. The largest absolute Gasteiger partial charge is 0.494 e. The van der Waals surface area contributed by atoms with Crippen LogP contribution in [0.4, 0.5) is 15.2 Å². The molecule has 0 spiro atoms. The average Bonchev–Trinajstić information content (AvgIpc) is 3.14. The highest BCUT2D eigenvalue weighted by molar-refractivity contribution is 9.10. The molecule has 1 atom stereocenters. The van der Waals surface area contributed by atoms with Gasteiger partial charge in [-0.25, -0.2) is 9.37 Å². The molecule has 152 valence electrons. The number of carbonyl (C=O) groups is 1. The fourth-order valence-electron chi connectivity index (χ4n) is 3.48. The summed E-state index contributed by atoms with van der Waals surface area (Å²) in [5.41, 5.74) is 1.13. The molecule has 4 rings (SSSR count). The van der Waals surface area contributed by atoms with Crippen molar-refractivity contribution >= 4 is 54.2 Å². The third kappa shape index (κ3) is 4.53. The first-order valence-electron chi connectivity index (χ1n) is 9.57. The fraction of sp³-hybridized carbons (Fsp3) is 0.333. The zero-order valence-corrected chi connectivity index (χ0v) is 18.4. The highest BCUT2D eigenvalue weighted by Gasteiger charge is 2.28. The van der Waals surface area contributed by atoms with Crippen LogP contribution in [-0.2, 0) is 4.79 Å². The lowest BCUT2D eigenvalue weighted by Crippen LogP contribution is -2.40. The lowest BCUT2D eigenvalue weighted by Gasteiger charge is -2.31. The van der Waals surface area contributed by atoms with E-state index < -0.39 is 5.82 Å². The number of aromatic nitrogens is 1. The van der Waals surface area contributed by atoms with Crippen LogP contribution in [0.15, 0.2) is 40.9 Å². The molecule has 1 N–H and O–H groups in total. The standard InChI is InChI=1S/C21H21BrFN3O2S/c1-2-28-15-6-8-18-19(11-15)29-21(25-18)26-9-3-4-13(12-26)20(27)24-17-7-5-14(22)10-16(17)23/h5-8,10-11,13H,2-4,9,12H2,1H3,(H,24,27)/t13-/m1/s1. The summed E-state index contributed by atoms with van der Waals surface area (Å²) in [6.07, 6.45) is 1.67. The van der Waals surface area contributed by atoms with E-state index in [0.717, 1.165) is 40.5 Å². The summed E-state index contributed by atoms with van der Waals surface area (Å²) >= 11 is 4.83. The van der Waals surface area contributed by atoms with Gasteiger partial charge in [0, 0.05) is 17.6 Å². The second-order valence-electron chi connectivity index (χ2n) is 6.96. The topological polar surface area (TPSA) is 54.5 Å². The molecule has 29 heavy (non-hydrogen) atoms. The number of anilines is 2. The van der Waals surface area contributed by atoms with Crippen molar-refractivity contribution in [1.29, 1.82) is 0 Å². The molecule has 1 fully saturated rings. The van der Waals surface area contributed by atoms with Gasteiger partial charge < -0.3 is 15.0 Å². The SMILES string of the molecule is CCOc1ccc2nc(N3CCC[C@@H](C(=O)Nc4ccc(Br)cc4F)C3)sc2c1. The van der Waals surface area contributed by atoms with Crippen LogP contribution >= 0.6 is 27.3 Å². The molecular weight excluding hydrogens is 457 g/mol. The predicted octanol–water partition coefficient (Wildman–Crippen LogP) is 5.45. The van der Waals surface area contributed by atoms with Crippen molar-refractivity contribution in [3.05, 3.63) is 46.7 Å². The lowest BCUT2D eigenvalue weighted by atomic mass is 9.97. The molecule has 2 aromatic carbocycles. The molecule has 1 saturated heterocycles. The first kappa shape index (κ1) is 20.1. The molecule has 5 nitrogen and oxygen atoms in total. The van der Waals surface area contributed by atoms with Gasteiger partial charge in [-0.3, -0.25) is 4.79 Å². The van der Waals surface area contributed by atoms with Gasteiger partial charge in [-0.05, 0) is 56.2 Å². The Kier molecular flexibility index (Phi) is 6.01. The maximum absolute atomic E-state index is 14.1. The van der Waals surface area contributed by atoms with Crippen LogP contribution in [0.3, 0.4) is 0 Å². The number of halogens is 2. The van der Waals surface area contributed by atoms with E-state index in [-0.39, 0.29) is 17.5 Å². The predicted molar refractivity (Wildman–Crippen MR) is 118 cm³/mol. The van der Waals surface area contributed by atoms with Crippen molar-refractivity contribution in [1.82, 2.24) is 4.98 Å². The van der Waals surface area contributed by atoms with Gasteiger partial charge in [-0.2, -0.15) is 0 Å². The van der Waals surface area contributed by atoms with Crippen LogP contribution in [-0.4, -0.2) is 30.6 Å². The number of piperidine rings is 1. The maximum atomic E-state index is 14.1. The van der Waals surface area contributed by atoms with E-state index in [4.69, 9.17) is 9.72 Å². The molecule has 1 aliphatic heterocycles. The van der Waals surface area contributed by atoms with Crippen LogP contribution in [0.1, 0.15) is 19.8 Å². The number of thiazole rings is 1. The second kappa shape index (κ2) is 8.67. The minimum atomic E-state index is -0.448. The molecule has 3 aromatic rings. The molecule has 0 bridgehead atoms. The van der Waals surface area contributed by atoms with Crippen LogP contribution in [0.5, 0.6) is 5.75 Å². The van der Waals surface area contributed by atoms with E-state index in [2.05, 4.69) is 26.1 Å². The molecule has 0 radical (unpaired) electrons. The van der Waals surface area contributed by atoms with Gasteiger partial charge in [0.25, 0.3) is 0 Å². The summed E-state index contributed by atoms with van der Waals surface area (Å²) in [4.78, 5) is 19.6. The van der Waals surface area contributed by atoms with Crippen molar-refractivity contribution in [2.75, 3.05) is 29.9 Å². The van der Waals surface area contributed by atoms with Crippen LogP contribution in [0.25, 0.3) is 10.2 Å². The number of nitrogens with zero attached hydrogens (tertiary/aromatic N) is 2. The molecule has 0 saturated carbocycles. The maximum Gasteiger partial charge on any atom is 0.229 e. The Balaban J connectivity index is 1.47. The number of hydrogen-bond acceptors (Lipinski definition) is 5. The summed E-state index contributed by atoms with van der Waals surface area (Å²) < 4.78 is 21.3. The zero-order chi connectivity index (χ0) is 20.4. The highest BCUT2D eigenvalue weighted by atomic mass is 79.9. The molecule has 0 unspecified atom stereocenters. The number of nitrogens with one attached hydrogen (secondary N) is 1. The number of benzene rings is 2. The van der Waals surface area contributed by atoms with E-state index in [0.29, 0.717) is 17.6 Å². The molecule has 1 amide bonds. The van der Waals surface area contributed by atoms with Gasteiger partial charge in [0.15, 0.2) is 5.13 Å². The van der Waals surface area contributed by atoms with Crippen LogP contribution < -0.4 is 15.0 Å². The Labute approximate surface area is 181 Å². The molecule has 1 aromatic heterocycles. The van der Waals surface area contributed by atoms with E-state index in [9.17, 15) is 9.18 Å². The van der Waals surface area contributed by atoms with Crippen molar-refractivity contribution < 1.29 is 13.9 Å². The smallest absolute Gasteiger partial charge is 0.229 e. The number of rotatable bonds is 5. The Hall–Kier alpha value is -2.19. The fourth-order valence-corrected chi connectivity index (χ4v) is 4.84. The van der Waals surface area contributed by atoms with Crippen molar-refractivity contribution in [2.45, 2.75) is 19.8 Å². The van der Waals surface area contributed by atoms with Crippen LogP contribution in [0.2, 0.25) is 0 Å². The third-order valence-corrected chi connectivity index (χ3v) is 6.48. The summed E-state index contributed by atoms with van der Waals surface area (Å²) in [6, 6.07) is 10.5. The van der Waals surface area contributed by atoms with Gasteiger partial charge in [-0.1, -0.05) is 27.3 Å². The first-order chi connectivity index (χ1) is 14.0. The van der Waals surface area contributed by atoms with E-state index in [1.165, 1.54) is 6.07 Å². The van der Waals surface area contributed by atoms with Gasteiger partial charge in [0.1, 0.15) is 11.6 Å². The minimum absolute atomic E-state index is 0.157. The number of carbonyl (C=O) groups excluding carboxylic acids is 1. The quantitative estimate of drug-likeness (QED) is 0.530. The summed E-state index contributed by atoms with van der Waals surface area (Å²) in [6.45, 7) is 4.01. The van der Waals surface area contributed by atoms with Crippen LogP contribution in [0, 0.1) is 11.7 Å². The summed E-state index contributed by atoms with van der Waals surface area (Å²) in [5.74, 6) is 0.0211. The van der Waals surface area contributed by atoms with E-state index in [1.807, 2.05) is 25.1 Å². The van der Waals surface area contributed by atoms with Gasteiger partial charge in [0.05, 0.1) is 28.4 Å². The molecule has 1 aliphatic rings. The lowest BCUT2D eigenvalue weighted by molar-refractivity contribution is -0.120. The van der Waals surface area contributed by atoms with Crippen molar-refractivity contribution in [3.8, 4) is 5.75 Å². The molecule has 8 heteroatoms. The first-order valence-corrected chi connectivity index (χ1v) is 11.2. The van der Waals surface area contributed by atoms with Gasteiger partial charge in [0.2, 0.25) is 5.91 Å². The van der Waals surface area contributed by atoms with Gasteiger partial charge >= 0.3 is 0 Å². The summed E-state index contributed by atoms with van der Waals surface area (Å²) in [7, 11) is 0. The Morgan fingerprint density at radius 1 is 1.38 bits per heavy atom. The Bertz CT molecular complexity index is 1040. The third-order valence-electron chi connectivity index (χ3n) is 4.91. The normalized spacial score (nSPS) is 16.8. The van der Waals surface area contributed by atoms with Crippen molar-refractivity contribution in [3.63, 3.8) is 0 Å². The average molecular weight is 478 g/mol. The molecular formula is C21H21BrFN3O2S. The Morgan fingerprint density at radius 2 is 2.24 bits per heavy atom. The minimum Gasteiger partial charge on any atom is -0.494 e. The van der Waals surface area contributed by atoms with Crippen molar-refractivity contribution in [2.24, 2.45) is 5.92 Å². The number of amides is 1. The molecule has 0 aliphatic carbocycles. The molecule has 2 heterocycles. The second-order valence-corrected chi connectivity index (χ2v) is 8.88. The van der Waals surface area contributed by atoms with Gasteiger partial charge in [-0.15, -0.1) is 0 Å². The highest BCUT2D eigenvalue weighted by Crippen LogP contribution is 2.34. The summed E-state index contributed by atoms with van der Waals surface area (Å²) in [5, 5.41) is 3.64. The van der Waals surface area contributed by atoms with E-state index >= 15 is 0 Å². The number of hydrogen-bond donors (Lipinski definition) is 1. The zero-order valence-electron chi connectivity index (χ0n) is 16.0. The monoisotopic (exact) mass is 477 g/mol.